The summed E-state index contributed by atoms with van der Waals surface area (Å²) >= 11 is 0. The number of nitrogens with one attached hydrogen (secondary N) is 2. The number of aliphatic hydroxyl groups is 2. The van der Waals surface area contributed by atoms with Crippen LogP contribution in [0.2, 0.25) is 0 Å². The third kappa shape index (κ3) is 8.20. The van der Waals surface area contributed by atoms with Crippen LogP contribution in [0.4, 0.5) is 0 Å². The highest BCUT2D eigenvalue weighted by atomic mass is 16.7. The fourth-order valence-electron chi connectivity index (χ4n) is 11.1. The normalized spacial score (nSPS) is 40.5. The predicted molar refractivity (Wildman–Crippen MR) is 191 cm³/mol. The van der Waals surface area contributed by atoms with Gasteiger partial charge in [-0.2, -0.15) is 5.06 Å². The second-order valence-electron chi connectivity index (χ2n) is 18.1. The van der Waals surface area contributed by atoms with Crippen molar-refractivity contribution in [2.24, 2.45) is 58.7 Å². The van der Waals surface area contributed by atoms with Crippen LogP contribution in [-0.4, -0.2) is 109 Å². The fourth-order valence-corrected chi connectivity index (χ4v) is 11.1. The second kappa shape index (κ2) is 16.2. The van der Waals surface area contributed by atoms with E-state index in [1.807, 2.05) is 0 Å². The second-order valence-corrected chi connectivity index (χ2v) is 18.1. The molecule has 14 atom stereocenters. The molecular weight excluding hydrogens is 620 g/mol. The standard InChI is InChI=1S/C39H70N4O6/c1-22(2)32(20-42(7)8)41-37(46)26-13-10-12-25(16-26)29-15-11-14-27(36(29)48-9)19-43-35(34(24(4)45)33(21-44)49-43)38(47)40-31-18-28-17-30(23(31)3)39(28,5)6/h22-36,44-45H,10-21H2,1-9H3,(H,40,47)(H,41,46)/t23-,24?,25?,26?,27?,28+,29?,30-,31-,32-,33-,34?,35-,36?/m0/s1. The van der Waals surface area contributed by atoms with Crippen molar-refractivity contribution in [2.45, 2.75) is 136 Å². The molecule has 4 N–H and O–H groups in total. The molecule has 7 unspecified atom stereocenters. The lowest BCUT2D eigenvalue weighted by atomic mass is 9.45. The van der Waals surface area contributed by atoms with Gasteiger partial charge >= 0.3 is 0 Å². The van der Waals surface area contributed by atoms with Gasteiger partial charge in [-0.3, -0.25) is 14.4 Å². The van der Waals surface area contributed by atoms with Gasteiger partial charge in [0.15, 0.2) is 0 Å². The Kier molecular flexibility index (Phi) is 12.8. The lowest BCUT2D eigenvalue weighted by Gasteiger charge is -2.62. The van der Waals surface area contributed by atoms with Crippen molar-refractivity contribution in [2.75, 3.05) is 40.9 Å². The number of nitrogens with zero attached hydrogens (tertiary/aromatic N) is 2. The molecule has 0 radical (unpaired) electrons. The maximum Gasteiger partial charge on any atom is 0.240 e. The first-order chi connectivity index (χ1) is 23.2. The molecule has 2 amide bonds. The molecular formula is C39H70N4O6. The summed E-state index contributed by atoms with van der Waals surface area (Å²) in [7, 11) is 5.91. The van der Waals surface area contributed by atoms with Crippen molar-refractivity contribution >= 4 is 11.8 Å². The first-order valence-corrected chi connectivity index (χ1v) is 19.7. The van der Waals surface area contributed by atoms with E-state index in [9.17, 15) is 19.8 Å². The Bertz CT molecular complexity index is 1120. The van der Waals surface area contributed by atoms with E-state index in [0.29, 0.717) is 47.5 Å². The minimum Gasteiger partial charge on any atom is -0.394 e. The molecule has 0 aromatic heterocycles. The number of hydroxylamine groups is 2. The van der Waals surface area contributed by atoms with Crippen molar-refractivity contribution < 1.29 is 29.4 Å². The van der Waals surface area contributed by atoms with Gasteiger partial charge in [0.2, 0.25) is 11.8 Å². The summed E-state index contributed by atoms with van der Waals surface area (Å²) in [6.45, 7) is 14.1. The van der Waals surface area contributed by atoms with Gasteiger partial charge in [0.05, 0.1) is 18.8 Å². The molecule has 10 heteroatoms. The van der Waals surface area contributed by atoms with Crippen molar-refractivity contribution in [1.29, 1.82) is 0 Å². The van der Waals surface area contributed by atoms with Crippen LogP contribution in [0.25, 0.3) is 0 Å². The quantitative estimate of drug-likeness (QED) is 0.228. The number of likely N-dealkylation sites (N-methyl/N-ethyl adjacent to an activating group) is 1. The molecule has 0 aromatic carbocycles. The summed E-state index contributed by atoms with van der Waals surface area (Å²) < 4.78 is 6.32. The highest BCUT2D eigenvalue weighted by Crippen LogP contribution is 2.61. The Balaban J connectivity index is 1.27. The van der Waals surface area contributed by atoms with Crippen LogP contribution in [-0.2, 0) is 19.2 Å². The molecule has 6 rings (SSSR count). The van der Waals surface area contributed by atoms with Gasteiger partial charge in [-0.25, -0.2) is 0 Å². The van der Waals surface area contributed by atoms with E-state index in [-0.39, 0.29) is 48.4 Å². The van der Waals surface area contributed by atoms with E-state index >= 15 is 0 Å². The van der Waals surface area contributed by atoms with Gasteiger partial charge in [-0.15, -0.1) is 0 Å². The predicted octanol–water partition coefficient (Wildman–Crippen LogP) is 4.09. The van der Waals surface area contributed by atoms with E-state index in [2.05, 4.69) is 64.2 Å². The summed E-state index contributed by atoms with van der Waals surface area (Å²) in [4.78, 5) is 36.3. The highest BCUT2D eigenvalue weighted by molar-refractivity contribution is 5.83. The number of hydrogen-bond acceptors (Lipinski definition) is 8. The molecule has 1 saturated heterocycles. The van der Waals surface area contributed by atoms with Gasteiger partial charge in [0, 0.05) is 50.0 Å². The first kappa shape index (κ1) is 38.9. The number of fused-ring (bicyclic) bond motifs is 2. The summed E-state index contributed by atoms with van der Waals surface area (Å²) in [6.07, 6.45) is 7.81. The Hall–Kier alpha value is -1.30. The average molecular weight is 691 g/mol. The minimum atomic E-state index is -0.815. The van der Waals surface area contributed by atoms with Gasteiger partial charge in [0.1, 0.15) is 12.1 Å². The Morgan fingerprint density at radius 1 is 1.04 bits per heavy atom. The molecule has 2 bridgehead atoms. The van der Waals surface area contributed by atoms with Crippen LogP contribution in [0.3, 0.4) is 0 Å². The van der Waals surface area contributed by atoms with E-state index in [1.165, 1.54) is 6.42 Å². The lowest BCUT2D eigenvalue weighted by molar-refractivity contribution is -0.193. The summed E-state index contributed by atoms with van der Waals surface area (Å²) in [5.74, 6) is 2.42. The highest BCUT2D eigenvalue weighted by Gasteiger charge is 2.58. The number of aliphatic hydroxyl groups excluding tert-OH is 2. The minimum absolute atomic E-state index is 0.0177. The molecule has 1 aliphatic heterocycles. The monoisotopic (exact) mass is 691 g/mol. The molecule has 10 nitrogen and oxygen atoms in total. The number of hydrogen-bond donors (Lipinski definition) is 4. The van der Waals surface area contributed by atoms with Gasteiger partial charge in [-0.05, 0) is 100 Å². The van der Waals surface area contributed by atoms with Crippen LogP contribution >= 0.6 is 0 Å². The van der Waals surface area contributed by atoms with E-state index in [0.717, 1.165) is 57.9 Å². The molecule has 6 aliphatic rings. The van der Waals surface area contributed by atoms with Gasteiger partial charge < -0.3 is 30.5 Å². The Morgan fingerprint density at radius 3 is 2.35 bits per heavy atom. The van der Waals surface area contributed by atoms with Crippen LogP contribution in [0, 0.1) is 58.7 Å². The maximum atomic E-state index is 14.2. The summed E-state index contributed by atoms with van der Waals surface area (Å²) in [6, 6.07) is -0.450. The molecule has 0 aromatic rings. The number of rotatable bonds is 13. The van der Waals surface area contributed by atoms with Crippen molar-refractivity contribution in [1.82, 2.24) is 20.6 Å². The number of carbonyl (C=O) groups is 2. The molecule has 5 aliphatic carbocycles. The molecule has 282 valence electrons. The van der Waals surface area contributed by atoms with Crippen LogP contribution in [0.5, 0.6) is 0 Å². The SMILES string of the molecule is COC1C(CN2O[C@@H](CO)C(C(C)O)[C@H]2C(=O)N[C@H]2C[C@H]3C[C@@H]([C@@H]2C)C3(C)C)CCCC1C1CCCC(C(=O)N[C@@H](CN(C)C)C(C)C)C1. The van der Waals surface area contributed by atoms with Crippen molar-refractivity contribution in [3.05, 3.63) is 0 Å². The topological polar surface area (TPSA) is 124 Å². The zero-order chi connectivity index (χ0) is 35.8. The molecule has 1 heterocycles. The molecule has 5 saturated carbocycles. The van der Waals surface area contributed by atoms with E-state index in [1.54, 1.807) is 19.1 Å². The van der Waals surface area contributed by atoms with E-state index in [4.69, 9.17) is 9.57 Å². The van der Waals surface area contributed by atoms with Crippen molar-refractivity contribution in [3.8, 4) is 0 Å². The third-order valence-corrected chi connectivity index (χ3v) is 14.1. The number of amides is 2. The number of methoxy groups -OCH3 is 1. The smallest absolute Gasteiger partial charge is 0.240 e. The first-order valence-electron chi connectivity index (χ1n) is 19.7. The fraction of sp³-hybridized carbons (Fsp3) is 0.949. The lowest BCUT2D eigenvalue weighted by Crippen LogP contribution is -2.62. The zero-order valence-corrected chi connectivity index (χ0v) is 32.1. The zero-order valence-electron chi connectivity index (χ0n) is 32.1. The summed E-state index contributed by atoms with van der Waals surface area (Å²) in [5, 5.41) is 29.8. The average Bonchev–Trinajstić information content (AvgIpc) is 3.43. The van der Waals surface area contributed by atoms with Crippen LogP contribution < -0.4 is 10.6 Å². The van der Waals surface area contributed by atoms with Crippen LogP contribution in [0.15, 0.2) is 0 Å². The third-order valence-electron chi connectivity index (χ3n) is 14.1. The van der Waals surface area contributed by atoms with E-state index < -0.39 is 24.2 Å². The van der Waals surface area contributed by atoms with Gasteiger partial charge in [0.25, 0.3) is 0 Å². The Morgan fingerprint density at radius 2 is 1.76 bits per heavy atom. The molecule has 0 spiro atoms. The Labute approximate surface area is 296 Å². The molecule has 6 fully saturated rings. The number of ether oxygens (including phenoxy) is 1. The molecule has 49 heavy (non-hydrogen) atoms. The summed E-state index contributed by atoms with van der Waals surface area (Å²) in [5.41, 5.74) is 0.324. The van der Waals surface area contributed by atoms with Crippen molar-refractivity contribution in [3.63, 3.8) is 0 Å². The maximum absolute atomic E-state index is 14.2. The van der Waals surface area contributed by atoms with Gasteiger partial charge in [-0.1, -0.05) is 53.9 Å². The number of carbonyl (C=O) groups excluding carboxylic acids is 2. The van der Waals surface area contributed by atoms with Crippen LogP contribution in [0.1, 0.15) is 99.3 Å². The largest absolute Gasteiger partial charge is 0.394 e.